The summed E-state index contributed by atoms with van der Waals surface area (Å²) in [5.41, 5.74) is 1.81. The van der Waals surface area contributed by atoms with Gasteiger partial charge in [0.25, 0.3) is 0 Å². The summed E-state index contributed by atoms with van der Waals surface area (Å²) in [5.74, 6) is 0.718. The Kier molecular flexibility index (Phi) is 5.29. The molecule has 0 radical (unpaired) electrons. The molecule has 1 aliphatic heterocycles. The van der Waals surface area contributed by atoms with Crippen molar-refractivity contribution in [3.8, 4) is 5.75 Å². The maximum absolute atomic E-state index is 12.5. The van der Waals surface area contributed by atoms with E-state index >= 15 is 0 Å². The van der Waals surface area contributed by atoms with E-state index in [9.17, 15) is 9.59 Å². The Morgan fingerprint density at radius 2 is 1.91 bits per heavy atom. The summed E-state index contributed by atoms with van der Waals surface area (Å²) < 4.78 is 5.31. The van der Waals surface area contributed by atoms with E-state index in [1.807, 2.05) is 50.8 Å². The topological polar surface area (TPSA) is 58.6 Å². The van der Waals surface area contributed by atoms with Crippen LogP contribution in [0.1, 0.15) is 45.7 Å². The average molecular weight is 318 g/mol. The van der Waals surface area contributed by atoms with Gasteiger partial charge in [-0.15, -0.1) is 0 Å². The van der Waals surface area contributed by atoms with Crippen molar-refractivity contribution in [1.29, 1.82) is 0 Å². The van der Waals surface area contributed by atoms with E-state index in [4.69, 9.17) is 4.74 Å². The van der Waals surface area contributed by atoms with Gasteiger partial charge in [-0.1, -0.05) is 27.7 Å². The molecule has 0 aromatic heterocycles. The second-order valence-electron chi connectivity index (χ2n) is 6.57. The van der Waals surface area contributed by atoms with Crippen LogP contribution in [0.3, 0.4) is 0 Å². The minimum absolute atomic E-state index is 0.0207. The molecular formula is C18H26N2O3. The van der Waals surface area contributed by atoms with Crippen LogP contribution in [0.4, 0.5) is 5.69 Å². The highest BCUT2D eigenvalue weighted by molar-refractivity contribution is 5.96. The van der Waals surface area contributed by atoms with E-state index in [0.717, 1.165) is 17.0 Å². The van der Waals surface area contributed by atoms with Crippen molar-refractivity contribution in [3.05, 3.63) is 23.8 Å². The number of methoxy groups -OCH3 is 1. The third-order valence-electron chi connectivity index (χ3n) is 4.14. The molecule has 0 spiro atoms. The third-order valence-corrected chi connectivity index (χ3v) is 4.14. The Balaban J connectivity index is 2.38. The van der Waals surface area contributed by atoms with E-state index in [1.54, 1.807) is 7.11 Å². The van der Waals surface area contributed by atoms with Crippen LogP contribution in [-0.4, -0.2) is 25.5 Å². The lowest BCUT2D eigenvalue weighted by atomic mass is 9.94. The summed E-state index contributed by atoms with van der Waals surface area (Å²) in [6.07, 6.45) is 0.705. The fraction of sp³-hybridized carbons (Fsp3) is 0.556. The molecule has 5 nitrogen and oxygen atoms in total. The lowest BCUT2D eigenvalue weighted by molar-refractivity contribution is -0.124. The predicted octanol–water partition coefficient (Wildman–Crippen LogP) is 2.90. The number of nitrogens with zero attached hydrogens (tertiary/aromatic N) is 1. The van der Waals surface area contributed by atoms with Crippen molar-refractivity contribution < 1.29 is 14.3 Å². The normalized spacial score (nSPS) is 17.2. The van der Waals surface area contributed by atoms with Gasteiger partial charge in [-0.3, -0.25) is 9.59 Å². The molecule has 0 aliphatic carbocycles. The Morgan fingerprint density at radius 3 is 2.48 bits per heavy atom. The number of benzene rings is 1. The van der Waals surface area contributed by atoms with Gasteiger partial charge in [-0.25, -0.2) is 0 Å². The molecule has 126 valence electrons. The number of hydrogen-bond acceptors (Lipinski definition) is 3. The van der Waals surface area contributed by atoms with Gasteiger partial charge in [-0.05, 0) is 24.6 Å². The first kappa shape index (κ1) is 17.3. The summed E-state index contributed by atoms with van der Waals surface area (Å²) >= 11 is 0. The molecule has 1 aromatic carbocycles. The largest absolute Gasteiger partial charge is 0.497 e. The van der Waals surface area contributed by atoms with Crippen molar-refractivity contribution in [3.63, 3.8) is 0 Å². The Bertz CT molecular complexity index is 596. The van der Waals surface area contributed by atoms with Gasteiger partial charge in [0.2, 0.25) is 11.8 Å². The zero-order valence-electron chi connectivity index (χ0n) is 14.6. The first-order valence-corrected chi connectivity index (χ1v) is 8.14. The van der Waals surface area contributed by atoms with Crippen molar-refractivity contribution in [1.82, 2.24) is 5.32 Å². The molecule has 2 rings (SSSR count). The highest BCUT2D eigenvalue weighted by Gasteiger charge is 2.31. The molecule has 1 N–H and O–H groups in total. The van der Waals surface area contributed by atoms with Crippen LogP contribution in [-0.2, 0) is 9.59 Å². The molecule has 1 heterocycles. The molecule has 1 atom stereocenters. The van der Waals surface area contributed by atoms with Crippen LogP contribution in [0, 0.1) is 11.8 Å². The van der Waals surface area contributed by atoms with E-state index in [2.05, 4.69) is 5.32 Å². The Labute approximate surface area is 138 Å². The number of hydrogen-bond donors (Lipinski definition) is 1. The zero-order valence-corrected chi connectivity index (χ0v) is 14.6. The Morgan fingerprint density at radius 1 is 1.22 bits per heavy atom. The van der Waals surface area contributed by atoms with Crippen LogP contribution in [0.5, 0.6) is 5.75 Å². The Hall–Kier alpha value is -2.04. The van der Waals surface area contributed by atoms with Crippen molar-refractivity contribution >= 4 is 17.5 Å². The molecular weight excluding hydrogens is 292 g/mol. The molecule has 0 unspecified atom stereocenters. The standard InChI is InChI=1S/C18H26N2O3/c1-11(2)17(21)19-15-8-9-20(18(22)12(3)4)16-7-6-13(23-5)10-14(15)16/h6-7,10-12,15H,8-9H2,1-5H3,(H,19,21)/t15-/m0/s1. The van der Waals surface area contributed by atoms with Gasteiger partial charge in [0.15, 0.2) is 0 Å². The van der Waals surface area contributed by atoms with Gasteiger partial charge >= 0.3 is 0 Å². The first-order chi connectivity index (χ1) is 10.8. The molecule has 5 heteroatoms. The average Bonchev–Trinajstić information content (AvgIpc) is 2.53. The lowest BCUT2D eigenvalue weighted by Crippen LogP contribution is -2.43. The fourth-order valence-electron chi connectivity index (χ4n) is 2.75. The van der Waals surface area contributed by atoms with E-state index in [1.165, 1.54) is 0 Å². The second-order valence-corrected chi connectivity index (χ2v) is 6.57. The number of amides is 2. The third kappa shape index (κ3) is 3.66. The van der Waals surface area contributed by atoms with Gasteiger partial charge in [0.05, 0.1) is 13.2 Å². The summed E-state index contributed by atoms with van der Waals surface area (Å²) in [6, 6.07) is 5.58. The van der Waals surface area contributed by atoms with E-state index < -0.39 is 0 Å². The highest BCUT2D eigenvalue weighted by atomic mass is 16.5. The van der Waals surface area contributed by atoms with E-state index in [-0.39, 0.29) is 29.7 Å². The number of fused-ring (bicyclic) bond motifs is 1. The number of anilines is 1. The van der Waals surface area contributed by atoms with Crippen molar-refractivity contribution in [2.75, 3.05) is 18.6 Å². The van der Waals surface area contributed by atoms with Crippen LogP contribution >= 0.6 is 0 Å². The second kappa shape index (κ2) is 7.02. The van der Waals surface area contributed by atoms with Crippen LogP contribution in [0.2, 0.25) is 0 Å². The van der Waals surface area contributed by atoms with Gasteiger partial charge < -0.3 is 15.0 Å². The SMILES string of the molecule is COc1ccc2c(c1)[C@@H](NC(=O)C(C)C)CCN2C(=O)C(C)C. The number of nitrogens with one attached hydrogen (secondary N) is 1. The molecule has 1 aromatic rings. The zero-order chi connectivity index (χ0) is 17.1. The van der Waals surface area contributed by atoms with Crippen LogP contribution in [0.25, 0.3) is 0 Å². The maximum atomic E-state index is 12.5. The minimum atomic E-state index is -0.0915. The molecule has 0 saturated heterocycles. The summed E-state index contributed by atoms with van der Waals surface area (Å²) in [7, 11) is 1.61. The number of rotatable bonds is 4. The van der Waals surface area contributed by atoms with Crippen LogP contribution < -0.4 is 15.0 Å². The minimum Gasteiger partial charge on any atom is -0.497 e. The van der Waals surface area contributed by atoms with E-state index in [0.29, 0.717) is 13.0 Å². The lowest BCUT2D eigenvalue weighted by Gasteiger charge is -2.36. The first-order valence-electron chi connectivity index (χ1n) is 8.14. The molecule has 0 bridgehead atoms. The van der Waals surface area contributed by atoms with Gasteiger partial charge in [-0.2, -0.15) is 0 Å². The maximum Gasteiger partial charge on any atom is 0.229 e. The van der Waals surface area contributed by atoms with Crippen molar-refractivity contribution in [2.24, 2.45) is 11.8 Å². The van der Waals surface area contributed by atoms with Gasteiger partial charge in [0, 0.05) is 29.6 Å². The molecule has 1 aliphatic rings. The quantitative estimate of drug-likeness (QED) is 0.928. The fourth-order valence-corrected chi connectivity index (χ4v) is 2.75. The molecule has 0 fully saturated rings. The molecule has 0 saturated carbocycles. The number of ether oxygens (including phenoxy) is 1. The number of carbonyl (C=O) groups is 2. The van der Waals surface area contributed by atoms with Crippen LogP contribution in [0.15, 0.2) is 18.2 Å². The van der Waals surface area contributed by atoms with Crippen molar-refractivity contribution in [2.45, 2.75) is 40.2 Å². The smallest absolute Gasteiger partial charge is 0.229 e. The van der Waals surface area contributed by atoms with Gasteiger partial charge in [0.1, 0.15) is 5.75 Å². The summed E-state index contributed by atoms with van der Waals surface area (Å²) in [5, 5.41) is 3.08. The highest BCUT2D eigenvalue weighted by Crippen LogP contribution is 2.37. The summed E-state index contributed by atoms with van der Waals surface area (Å²) in [4.78, 5) is 26.4. The molecule has 23 heavy (non-hydrogen) atoms. The predicted molar refractivity (Wildman–Crippen MR) is 90.5 cm³/mol. The number of carbonyl (C=O) groups excluding carboxylic acids is 2. The monoisotopic (exact) mass is 318 g/mol. The molecule has 2 amide bonds. The summed E-state index contributed by atoms with van der Waals surface area (Å²) in [6.45, 7) is 8.16.